The summed E-state index contributed by atoms with van der Waals surface area (Å²) in [6, 6.07) is 3.24. The summed E-state index contributed by atoms with van der Waals surface area (Å²) >= 11 is 1.61. The molecule has 0 bridgehead atoms. The zero-order valence-corrected chi connectivity index (χ0v) is 12.7. The van der Waals surface area contributed by atoms with Crippen molar-refractivity contribution in [1.29, 1.82) is 0 Å². The van der Waals surface area contributed by atoms with E-state index < -0.39 is 5.97 Å². The smallest absolute Gasteiger partial charge is 0.339 e. The second-order valence-electron chi connectivity index (χ2n) is 4.70. The zero-order chi connectivity index (χ0) is 14.9. The van der Waals surface area contributed by atoms with Gasteiger partial charge >= 0.3 is 5.97 Å². The molecular formula is C14H17N3O2S. The van der Waals surface area contributed by atoms with Crippen molar-refractivity contribution in [2.75, 3.05) is 5.32 Å². The van der Waals surface area contributed by atoms with Gasteiger partial charge in [-0.25, -0.2) is 14.8 Å². The number of hydrogen-bond acceptors (Lipinski definition) is 5. The molecule has 0 saturated heterocycles. The number of carbonyl (C=O) groups is 1. The first-order valence-electron chi connectivity index (χ1n) is 6.30. The molecule has 0 aliphatic heterocycles. The highest BCUT2D eigenvalue weighted by Gasteiger charge is 2.17. The normalized spacial score (nSPS) is 12.2. The highest BCUT2D eigenvalue weighted by Crippen LogP contribution is 2.28. The first-order chi connectivity index (χ1) is 9.38. The number of aromatic nitrogens is 2. The Balaban J connectivity index is 2.32. The summed E-state index contributed by atoms with van der Waals surface area (Å²) in [6.07, 6.45) is 0. The van der Waals surface area contributed by atoms with Crippen LogP contribution in [0.4, 0.5) is 5.82 Å². The number of pyridine rings is 1. The number of nitrogens with one attached hydrogen (secondary N) is 1. The lowest BCUT2D eigenvalue weighted by Gasteiger charge is -2.15. The molecule has 0 aromatic carbocycles. The molecule has 106 valence electrons. The predicted molar refractivity (Wildman–Crippen MR) is 79.6 cm³/mol. The van der Waals surface area contributed by atoms with Gasteiger partial charge in [0.2, 0.25) is 0 Å². The molecule has 0 saturated carbocycles. The highest BCUT2D eigenvalue weighted by molar-refractivity contribution is 7.11. The fraction of sp³-hybridized carbons (Fsp3) is 0.357. The maximum Gasteiger partial charge on any atom is 0.339 e. The summed E-state index contributed by atoms with van der Waals surface area (Å²) in [5.74, 6) is -0.583. The van der Waals surface area contributed by atoms with Crippen molar-refractivity contribution in [1.82, 2.24) is 9.97 Å². The van der Waals surface area contributed by atoms with Crippen LogP contribution >= 0.6 is 11.3 Å². The standard InChI is InChI=1S/C14H17N3O2S/c1-7-5-6-11(14(18)19)13(15-7)17-9(3)12-8(2)16-10(4)20-12/h5-6,9H,1-4H3,(H,15,17)(H,18,19). The molecular weight excluding hydrogens is 274 g/mol. The summed E-state index contributed by atoms with van der Waals surface area (Å²) in [4.78, 5) is 21.0. The van der Waals surface area contributed by atoms with Crippen LogP contribution in [0.1, 0.15) is 44.6 Å². The molecule has 2 N–H and O–H groups in total. The van der Waals surface area contributed by atoms with Crippen molar-refractivity contribution in [3.63, 3.8) is 0 Å². The van der Waals surface area contributed by atoms with Gasteiger partial charge in [0, 0.05) is 10.6 Å². The molecule has 6 heteroatoms. The van der Waals surface area contributed by atoms with Crippen molar-refractivity contribution >= 4 is 23.1 Å². The minimum atomic E-state index is -0.982. The van der Waals surface area contributed by atoms with E-state index in [4.69, 9.17) is 0 Å². The summed E-state index contributed by atoms with van der Waals surface area (Å²) < 4.78 is 0. The van der Waals surface area contributed by atoms with Gasteiger partial charge in [-0.05, 0) is 39.8 Å². The Hall–Kier alpha value is -1.95. The van der Waals surface area contributed by atoms with Crippen LogP contribution in [0.3, 0.4) is 0 Å². The minimum Gasteiger partial charge on any atom is -0.478 e. The van der Waals surface area contributed by atoms with Crippen LogP contribution < -0.4 is 5.32 Å². The average molecular weight is 291 g/mol. The third-order valence-corrected chi connectivity index (χ3v) is 4.21. The van der Waals surface area contributed by atoms with Crippen LogP contribution in [0.15, 0.2) is 12.1 Å². The van der Waals surface area contributed by atoms with Gasteiger partial charge < -0.3 is 10.4 Å². The molecule has 0 aliphatic rings. The first-order valence-corrected chi connectivity index (χ1v) is 7.11. The van der Waals surface area contributed by atoms with E-state index in [0.29, 0.717) is 5.82 Å². The van der Waals surface area contributed by atoms with Gasteiger partial charge in [0.15, 0.2) is 0 Å². The third kappa shape index (κ3) is 2.96. The van der Waals surface area contributed by atoms with Gasteiger partial charge in [-0.15, -0.1) is 11.3 Å². The van der Waals surface area contributed by atoms with E-state index >= 15 is 0 Å². The summed E-state index contributed by atoms with van der Waals surface area (Å²) in [6.45, 7) is 7.74. The number of aryl methyl sites for hydroxylation is 3. The Kier molecular flexibility index (Phi) is 4.04. The number of carboxylic acids is 1. The Bertz CT molecular complexity index is 652. The Morgan fingerprint density at radius 1 is 1.30 bits per heavy atom. The highest BCUT2D eigenvalue weighted by atomic mass is 32.1. The molecule has 5 nitrogen and oxygen atoms in total. The molecule has 20 heavy (non-hydrogen) atoms. The van der Waals surface area contributed by atoms with Gasteiger partial charge in [0.1, 0.15) is 11.4 Å². The molecule has 2 rings (SSSR count). The average Bonchev–Trinajstić information content (AvgIpc) is 2.68. The van der Waals surface area contributed by atoms with E-state index in [1.165, 1.54) is 0 Å². The van der Waals surface area contributed by atoms with Gasteiger partial charge in [-0.3, -0.25) is 0 Å². The third-order valence-electron chi connectivity index (χ3n) is 2.95. The number of hydrogen-bond donors (Lipinski definition) is 2. The molecule has 2 heterocycles. The zero-order valence-electron chi connectivity index (χ0n) is 11.9. The van der Waals surface area contributed by atoms with E-state index in [1.807, 2.05) is 27.7 Å². The van der Waals surface area contributed by atoms with Crippen molar-refractivity contribution in [3.05, 3.63) is 39.0 Å². The van der Waals surface area contributed by atoms with E-state index in [2.05, 4.69) is 15.3 Å². The number of nitrogens with zero attached hydrogens (tertiary/aromatic N) is 2. The van der Waals surface area contributed by atoms with E-state index in [0.717, 1.165) is 21.3 Å². The molecule has 1 atom stereocenters. The van der Waals surface area contributed by atoms with Crippen LogP contribution in [0, 0.1) is 20.8 Å². The molecule has 0 radical (unpaired) electrons. The van der Waals surface area contributed by atoms with Crippen molar-refractivity contribution in [2.45, 2.75) is 33.7 Å². The van der Waals surface area contributed by atoms with Crippen LogP contribution in [-0.4, -0.2) is 21.0 Å². The Morgan fingerprint density at radius 2 is 2.00 bits per heavy atom. The van der Waals surface area contributed by atoms with Gasteiger partial charge in [-0.1, -0.05) is 0 Å². The largest absolute Gasteiger partial charge is 0.478 e. The Morgan fingerprint density at radius 3 is 2.55 bits per heavy atom. The number of rotatable bonds is 4. The van der Waals surface area contributed by atoms with E-state index in [9.17, 15) is 9.90 Å². The fourth-order valence-electron chi connectivity index (χ4n) is 2.06. The number of anilines is 1. The van der Waals surface area contributed by atoms with Crippen LogP contribution in [0.5, 0.6) is 0 Å². The minimum absolute atomic E-state index is 0.0337. The lowest BCUT2D eigenvalue weighted by atomic mass is 10.2. The molecule has 0 amide bonds. The van der Waals surface area contributed by atoms with Gasteiger partial charge in [0.25, 0.3) is 0 Å². The molecule has 1 unspecified atom stereocenters. The maximum atomic E-state index is 11.2. The summed E-state index contributed by atoms with van der Waals surface area (Å²) in [5, 5.41) is 13.4. The predicted octanol–water partition coefficient (Wildman–Crippen LogP) is 3.33. The van der Waals surface area contributed by atoms with E-state index in [-0.39, 0.29) is 11.6 Å². The monoisotopic (exact) mass is 291 g/mol. The molecule has 0 spiro atoms. The van der Waals surface area contributed by atoms with Gasteiger partial charge in [-0.2, -0.15) is 0 Å². The number of aromatic carboxylic acids is 1. The lowest BCUT2D eigenvalue weighted by molar-refractivity contribution is 0.0697. The summed E-state index contributed by atoms with van der Waals surface area (Å²) in [5.41, 5.74) is 1.93. The lowest BCUT2D eigenvalue weighted by Crippen LogP contribution is -2.12. The fourth-order valence-corrected chi connectivity index (χ4v) is 2.99. The van der Waals surface area contributed by atoms with Crippen molar-refractivity contribution < 1.29 is 9.90 Å². The second-order valence-corrected chi connectivity index (χ2v) is 5.94. The van der Waals surface area contributed by atoms with Crippen LogP contribution in [0.2, 0.25) is 0 Å². The first kappa shape index (κ1) is 14.5. The molecule has 2 aromatic rings. The van der Waals surface area contributed by atoms with E-state index in [1.54, 1.807) is 23.5 Å². The van der Waals surface area contributed by atoms with Crippen LogP contribution in [-0.2, 0) is 0 Å². The quantitative estimate of drug-likeness (QED) is 0.903. The van der Waals surface area contributed by atoms with Crippen LogP contribution in [0.25, 0.3) is 0 Å². The number of carboxylic acid groups (broad SMARTS) is 1. The molecule has 0 fully saturated rings. The van der Waals surface area contributed by atoms with Crippen molar-refractivity contribution in [2.24, 2.45) is 0 Å². The SMILES string of the molecule is Cc1ccc(C(=O)O)c(NC(C)c2sc(C)nc2C)n1. The maximum absolute atomic E-state index is 11.2. The summed E-state index contributed by atoms with van der Waals surface area (Å²) in [7, 11) is 0. The van der Waals surface area contributed by atoms with Gasteiger partial charge in [0.05, 0.1) is 16.7 Å². The van der Waals surface area contributed by atoms with Crippen molar-refractivity contribution in [3.8, 4) is 0 Å². The molecule has 0 aliphatic carbocycles. The topological polar surface area (TPSA) is 75.1 Å². The second kappa shape index (κ2) is 5.58. The molecule has 2 aromatic heterocycles. The Labute approximate surface area is 121 Å². The number of thiazole rings is 1.